The van der Waals surface area contributed by atoms with Gasteiger partial charge in [-0.25, -0.2) is 4.39 Å². The fourth-order valence-electron chi connectivity index (χ4n) is 1.81. The van der Waals surface area contributed by atoms with Crippen LogP contribution in [0.25, 0.3) is 0 Å². The molecule has 2 aromatic rings. The number of anilines is 1. The molecule has 0 aromatic heterocycles. The van der Waals surface area contributed by atoms with Gasteiger partial charge < -0.3 is 10.4 Å². The zero-order valence-electron chi connectivity index (χ0n) is 10.5. The largest absolute Gasteiger partial charge is 0.394 e. The summed E-state index contributed by atoms with van der Waals surface area (Å²) in [7, 11) is 0. The van der Waals surface area contributed by atoms with Crippen molar-refractivity contribution in [1.82, 2.24) is 0 Å². The number of nitrogens with one attached hydrogen (secondary N) is 1. The Kier molecular flexibility index (Phi) is 4.27. The molecule has 0 unspecified atom stereocenters. The highest BCUT2D eigenvalue weighted by atomic mass is 19.1. The van der Waals surface area contributed by atoms with Crippen LogP contribution in [0.2, 0.25) is 0 Å². The molecule has 1 atom stereocenters. The number of benzene rings is 2. The van der Waals surface area contributed by atoms with Crippen LogP contribution in [0.3, 0.4) is 0 Å². The maximum absolute atomic E-state index is 12.8. The molecule has 20 heavy (non-hydrogen) atoms. The summed E-state index contributed by atoms with van der Waals surface area (Å²) in [4.78, 5) is 10.1. The van der Waals surface area contributed by atoms with Gasteiger partial charge in [-0.05, 0) is 29.8 Å². The molecule has 5 nitrogen and oxygen atoms in total. The average molecular weight is 276 g/mol. The second kappa shape index (κ2) is 6.12. The molecule has 0 spiro atoms. The second-order valence-corrected chi connectivity index (χ2v) is 4.24. The number of nitrogens with zero attached hydrogens (tertiary/aromatic N) is 1. The first-order valence-corrected chi connectivity index (χ1v) is 5.97. The van der Waals surface area contributed by atoms with E-state index in [2.05, 4.69) is 5.32 Å². The maximum Gasteiger partial charge on any atom is 0.269 e. The summed E-state index contributed by atoms with van der Waals surface area (Å²) in [6.07, 6.45) is 0. The van der Waals surface area contributed by atoms with Crippen LogP contribution < -0.4 is 5.32 Å². The second-order valence-electron chi connectivity index (χ2n) is 4.24. The number of nitro groups is 1. The van der Waals surface area contributed by atoms with Gasteiger partial charge in [-0.1, -0.05) is 12.1 Å². The zero-order chi connectivity index (χ0) is 14.5. The van der Waals surface area contributed by atoms with Crippen molar-refractivity contribution in [3.63, 3.8) is 0 Å². The fourth-order valence-corrected chi connectivity index (χ4v) is 1.81. The number of aliphatic hydroxyl groups is 1. The normalized spacial score (nSPS) is 11.9. The first-order valence-electron chi connectivity index (χ1n) is 5.97. The van der Waals surface area contributed by atoms with Crippen LogP contribution >= 0.6 is 0 Å². The van der Waals surface area contributed by atoms with Crippen LogP contribution in [-0.2, 0) is 0 Å². The lowest BCUT2D eigenvalue weighted by Crippen LogP contribution is -2.14. The molecule has 0 radical (unpaired) electrons. The Morgan fingerprint density at radius 1 is 1.15 bits per heavy atom. The molecule has 2 rings (SSSR count). The molecule has 0 bridgehead atoms. The molecule has 0 saturated heterocycles. The Hall–Kier alpha value is -2.47. The first-order chi connectivity index (χ1) is 9.60. The summed E-state index contributed by atoms with van der Waals surface area (Å²) < 4.78 is 12.8. The maximum atomic E-state index is 12.8. The van der Waals surface area contributed by atoms with Crippen molar-refractivity contribution in [2.45, 2.75) is 6.04 Å². The Morgan fingerprint density at radius 3 is 2.25 bits per heavy atom. The lowest BCUT2D eigenvalue weighted by molar-refractivity contribution is -0.384. The van der Waals surface area contributed by atoms with E-state index >= 15 is 0 Å². The van der Waals surface area contributed by atoms with E-state index in [0.717, 1.165) is 0 Å². The Labute approximate surface area is 114 Å². The highest BCUT2D eigenvalue weighted by Gasteiger charge is 2.12. The minimum atomic E-state index is -0.481. The van der Waals surface area contributed by atoms with Crippen molar-refractivity contribution < 1.29 is 14.4 Å². The van der Waals surface area contributed by atoms with Crippen LogP contribution in [0, 0.1) is 15.9 Å². The summed E-state index contributed by atoms with van der Waals surface area (Å²) in [5, 5.41) is 23.0. The molecular formula is C14H13FN2O3. The quantitative estimate of drug-likeness (QED) is 0.650. The fraction of sp³-hybridized carbons (Fsp3) is 0.143. The van der Waals surface area contributed by atoms with Crippen LogP contribution in [-0.4, -0.2) is 16.6 Å². The van der Waals surface area contributed by atoms with Crippen molar-refractivity contribution in [2.75, 3.05) is 11.9 Å². The van der Waals surface area contributed by atoms with Crippen LogP contribution in [0.1, 0.15) is 11.6 Å². The lowest BCUT2D eigenvalue weighted by atomic mass is 10.1. The third-order valence-corrected chi connectivity index (χ3v) is 2.87. The SMILES string of the molecule is O=[N+]([O-])c1ccc([C@@H](CO)Nc2ccc(F)cc2)cc1. The van der Waals surface area contributed by atoms with E-state index in [4.69, 9.17) is 0 Å². The molecule has 2 aromatic carbocycles. The molecule has 104 valence electrons. The van der Waals surface area contributed by atoms with Crippen molar-refractivity contribution >= 4 is 11.4 Å². The van der Waals surface area contributed by atoms with Gasteiger partial charge in [0.2, 0.25) is 0 Å². The third kappa shape index (κ3) is 3.30. The lowest BCUT2D eigenvalue weighted by Gasteiger charge is -2.18. The van der Waals surface area contributed by atoms with Gasteiger partial charge in [-0.15, -0.1) is 0 Å². The Morgan fingerprint density at radius 2 is 1.75 bits per heavy atom. The predicted molar refractivity (Wildman–Crippen MR) is 72.9 cm³/mol. The van der Waals surface area contributed by atoms with Crippen molar-refractivity contribution in [3.8, 4) is 0 Å². The molecule has 2 N–H and O–H groups in total. The van der Waals surface area contributed by atoms with Gasteiger partial charge in [0.15, 0.2) is 0 Å². The highest BCUT2D eigenvalue weighted by molar-refractivity contribution is 5.46. The van der Waals surface area contributed by atoms with Crippen molar-refractivity contribution in [2.24, 2.45) is 0 Å². The molecule has 0 amide bonds. The molecule has 6 heteroatoms. The van der Waals surface area contributed by atoms with Gasteiger partial charge >= 0.3 is 0 Å². The number of hydrogen-bond donors (Lipinski definition) is 2. The summed E-state index contributed by atoms with van der Waals surface area (Å²) in [6, 6.07) is 11.2. The Bertz CT molecular complexity index is 584. The minimum absolute atomic E-state index is 0.00720. The number of hydrogen-bond acceptors (Lipinski definition) is 4. The smallest absolute Gasteiger partial charge is 0.269 e. The van der Waals surface area contributed by atoms with Gasteiger partial charge in [0.25, 0.3) is 5.69 Å². The van der Waals surface area contributed by atoms with E-state index in [-0.39, 0.29) is 18.1 Å². The molecule has 0 saturated carbocycles. The molecule has 0 heterocycles. The van der Waals surface area contributed by atoms with Crippen LogP contribution in [0.15, 0.2) is 48.5 Å². The topological polar surface area (TPSA) is 75.4 Å². The zero-order valence-corrected chi connectivity index (χ0v) is 10.5. The third-order valence-electron chi connectivity index (χ3n) is 2.87. The van der Waals surface area contributed by atoms with Gasteiger partial charge in [0.1, 0.15) is 5.82 Å². The summed E-state index contributed by atoms with van der Waals surface area (Å²) in [5.41, 5.74) is 1.36. The van der Waals surface area contributed by atoms with Crippen LogP contribution in [0.4, 0.5) is 15.8 Å². The summed E-state index contributed by atoms with van der Waals surface area (Å²) >= 11 is 0. The van der Waals surface area contributed by atoms with Crippen molar-refractivity contribution in [3.05, 3.63) is 70.0 Å². The number of rotatable bonds is 5. The minimum Gasteiger partial charge on any atom is -0.394 e. The predicted octanol–water partition coefficient (Wildman–Crippen LogP) is 2.88. The van der Waals surface area contributed by atoms with Gasteiger partial charge in [-0.2, -0.15) is 0 Å². The average Bonchev–Trinajstić information content (AvgIpc) is 2.47. The van der Waals surface area contributed by atoms with Gasteiger partial charge in [0, 0.05) is 17.8 Å². The number of nitro benzene ring substituents is 1. The number of aliphatic hydroxyl groups excluding tert-OH is 1. The van der Waals surface area contributed by atoms with E-state index in [1.54, 1.807) is 24.3 Å². The van der Waals surface area contributed by atoms with E-state index in [1.165, 1.54) is 24.3 Å². The first kappa shape index (κ1) is 14.0. The Balaban J connectivity index is 2.15. The van der Waals surface area contributed by atoms with E-state index in [1.807, 2.05) is 0 Å². The highest BCUT2D eigenvalue weighted by Crippen LogP contribution is 2.22. The molecule has 0 aliphatic carbocycles. The van der Waals surface area contributed by atoms with Gasteiger partial charge in [-0.3, -0.25) is 10.1 Å². The summed E-state index contributed by atoms with van der Waals surface area (Å²) in [6.45, 7) is -0.185. The van der Waals surface area contributed by atoms with E-state index in [9.17, 15) is 19.6 Å². The molecule has 0 aliphatic heterocycles. The standard InChI is InChI=1S/C14H13FN2O3/c15-11-3-5-12(6-4-11)16-14(9-18)10-1-7-13(8-2-10)17(19)20/h1-8,14,16,18H,9H2/t14-/m1/s1. The van der Waals surface area contributed by atoms with Gasteiger partial charge in [0.05, 0.1) is 17.6 Å². The molecule has 0 aliphatic rings. The monoisotopic (exact) mass is 276 g/mol. The number of halogens is 1. The van der Waals surface area contributed by atoms with Crippen LogP contribution in [0.5, 0.6) is 0 Å². The molecular weight excluding hydrogens is 263 g/mol. The number of non-ortho nitro benzene ring substituents is 1. The van der Waals surface area contributed by atoms with E-state index in [0.29, 0.717) is 11.3 Å². The van der Waals surface area contributed by atoms with E-state index < -0.39 is 11.0 Å². The summed E-state index contributed by atoms with van der Waals surface area (Å²) in [5.74, 6) is -0.341. The molecule has 0 fully saturated rings. The van der Waals surface area contributed by atoms with Crippen molar-refractivity contribution in [1.29, 1.82) is 0 Å².